The summed E-state index contributed by atoms with van der Waals surface area (Å²) in [6.45, 7) is 11.7. The van der Waals surface area contributed by atoms with Gasteiger partial charge >= 0.3 is 0 Å². The lowest BCUT2D eigenvalue weighted by Gasteiger charge is -2.37. The normalized spacial score (nSPS) is 19.6. The number of nitrogens with zero attached hydrogens (tertiary/aromatic N) is 3. The van der Waals surface area contributed by atoms with Gasteiger partial charge in [-0.3, -0.25) is 0 Å². The molecule has 20 heavy (non-hydrogen) atoms. The molecule has 1 unspecified atom stereocenters. The molecular weight excluding hydrogens is 248 g/mol. The Morgan fingerprint density at radius 3 is 2.85 bits per heavy atom. The van der Waals surface area contributed by atoms with E-state index < -0.39 is 0 Å². The van der Waals surface area contributed by atoms with Crippen LogP contribution in [0.25, 0.3) is 0 Å². The van der Waals surface area contributed by atoms with Gasteiger partial charge in [-0.25, -0.2) is 9.97 Å². The van der Waals surface area contributed by atoms with Gasteiger partial charge in [0.25, 0.3) is 0 Å². The van der Waals surface area contributed by atoms with Crippen molar-refractivity contribution in [2.45, 2.75) is 58.9 Å². The molecule has 0 aromatic carbocycles. The molecular formula is C16H28N4. The van der Waals surface area contributed by atoms with Gasteiger partial charge in [-0.15, -0.1) is 0 Å². The molecule has 2 heterocycles. The van der Waals surface area contributed by atoms with Gasteiger partial charge in [-0.05, 0) is 32.7 Å². The second-order valence-electron chi connectivity index (χ2n) is 6.03. The zero-order chi connectivity index (χ0) is 14.5. The third-order valence-electron chi connectivity index (χ3n) is 3.93. The first kappa shape index (κ1) is 15.2. The topological polar surface area (TPSA) is 41.0 Å². The van der Waals surface area contributed by atoms with Crippen LogP contribution < -0.4 is 10.2 Å². The molecule has 1 fully saturated rings. The van der Waals surface area contributed by atoms with Gasteiger partial charge in [0.1, 0.15) is 11.6 Å². The second-order valence-corrected chi connectivity index (χ2v) is 6.03. The summed E-state index contributed by atoms with van der Waals surface area (Å²) in [5.41, 5.74) is 1.08. The number of aromatic nitrogens is 2. The van der Waals surface area contributed by atoms with E-state index in [9.17, 15) is 0 Å². The molecule has 1 aliphatic rings. The lowest BCUT2D eigenvalue weighted by molar-refractivity contribution is 0.435. The summed E-state index contributed by atoms with van der Waals surface area (Å²) in [4.78, 5) is 11.8. The molecule has 0 radical (unpaired) electrons. The number of hydrogen-bond acceptors (Lipinski definition) is 4. The lowest BCUT2D eigenvalue weighted by atomic mass is 10.0. The predicted octanol–water partition coefficient (Wildman–Crippen LogP) is 2.88. The highest BCUT2D eigenvalue weighted by atomic mass is 15.2. The molecule has 1 atom stereocenters. The fraction of sp³-hybridized carbons (Fsp3) is 0.750. The monoisotopic (exact) mass is 276 g/mol. The average molecular weight is 276 g/mol. The van der Waals surface area contributed by atoms with Crippen molar-refractivity contribution in [3.63, 3.8) is 0 Å². The number of piperidine rings is 1. The fourth-order valence-corrected chi connectivity index (χ4v) is 2.81. The van der Waals surface area contributed by atoms with Crippen molar-refractivity contribution in [3.05, 3.63) is 17.6 Å². The Bertz CT molecular complexity index is 430. The van der Waals surface area contributed by atoms with E-state index in [1.54, 1.807) is 0 Å². The highest BCUT2D eigenvalue weighted by molar-refractivity contribution is 5.42. The van der Waals surface area contributed by atoms with E-state index in [1.165, 1.54) is 19.3 Å². The number of nitrogens with one attached hydrogen (secondary N) is 1. The molecule has 1 aliphatic heterocycles. The molecule has 112 valence electrons. The van der Waals surface area contributed by atoms with Gasteiger partial charge in [-0.2, -0.15) is 0 Å². The van der Waals surface area contributed by atoms with Crippen molar-refractivity contribution >= 4 is 5.82 Å². The summed E-state index contributed by atoms with van der Waals surface area (Å²) in [5.74, 6) is 2.46. The van der Waals surface area contributed by atoms with Gasteiger partial charge < -0.3 is 10.2 Å². The first-order chi connectivity index (χ1) is 9.61. The van der Waals surface area contributed by atoms with E-state index in [-0.39, 0.29) is 0 Å². The van der Waals surface area contributed by atoms with Crippen LogP contribution in [0.4, 0.5) is 5.82 Å². The molecule has 0 spiro atoms. The molecule has 1 N–H and O–H groups in total. The van der Waals surface area contributed by atoms with Crippen LogP contribution in [-0.4, -0.2) is 35.6 Å². The summed E-state index contributed by atoms with van der Waals surface area (Å²) in [7, 11) is 0. The molecule has 1 saturated heterocycles. The number of rotatable bonds is 5. The quantitative estimate of drug-likeness (QED) is 0.898. The van der Waals surface area contributed by atoms with Crippen molar-refractivity contribution < 1.29 is 0 Å². The molecule has 0 amide bonds. The molecule has 1 aromatic heterocycles. The van der Waals surface area contributed by atoms with Crippen LogP contribution in [0.5, 0.6) is 0 Å². The zero-order valence-electron chi connectivity index (χ0n) is 13.3. The van der Waals surface area contributed by atoms with Crippen molar-refractivity contribution in [3.8, 4) is 0 Å². The summed E-state index contributed by atoms with van der Waals surface area (Å²) in [5, 5.41) is 3.48. The smallest absolute Gasteiger partial charge is 0.133 e. The summed E-state index contributed by atoms with van der Waals surface area (Å²) in [6.07, 6.45) is 3.85. The second kappa shape index (κ2) is 7.02. The van der Waals surface area contributed by atoms with Gasteiger partial charge in [0, 0.05) is 36.8 Å². The average Bonchev–Trinajstić information content (AvgIpc) is 2.44. The Morgan fingerprint density at radius 2 is 2.15 bits per heavy atom. The maximum absolute atomic E-state index is 4.80. The minimum Gasteiger partial charge on any atom is -0.352 e. The van der Waals surface area contributed by atoms with Crippen molar-refractivity contribution in [1.29, 1.82) is 0 Å². The largest absolute Gasteiger partial charge is 0.352 e. The van der Waals surface area contributed by atoms with Crippen LogP contribution in [0, 0.1) is 6.92 Å². The van der Waals surface area contributed by atoms with Crippen LogP contribution in [0.15, 0.2) is 6.07 Å². The first-order valence-corrected chi connectivity index (χ1v) is 7.94. The fourth-order valence-electron chi connectivity index (χ4n) is 2.81. The standard InChI is InChI=1S/C16H28N4/c1-5-17-11-14-8-6-7-9-20(14)15-10-13(4)18-16(19-15)12(2)3/h10,12,14,17H,5-9,11H2,1-4H3. The van der Waals surface area contributed by atoms with E-state index in [0.717, 1.165) is 37.0 Å². The molecule has 4 nitrogen and oxygen atoms in total. The van der Waals surface area contributed by atoms with Gasteiger partial charge in [-0.1, -0.05) is 20.8 Å². The lowest BCUT2D eigenvalue weighted by Crippen LogP contribution is -2.46. The number of aryl methyl sites for hydroxylation is 1. The molecule has 0 bridgehead atoms. The van der Waals surface area contributed by atoms with E-state index >= 15 is 0 Å². The Morgan fingerprint density at radius 1 is 1.35 bits per heavy atom. The maximum Gasteiger partial charge on any atom is 0.133 e. The van der Waals surface area contributed by atoms with E-state index in [1.807, 2.05) is 0 Å². The Labute approximate surface area is 123 Å². The zero-order valence-corrected chi connectivity index (χ0v) is 13.3. The molecule has 2 rings (SSSR count). The van der Waals surface area contributed by atoms with E-state index in [0.29, 0.717) is 12.0 Å². The minimum atomic E-state index is 0.380. The van der Waals surface area contributed by atoms with Crippen molar-refractivity contribution in [2.75, 3.05) is 24.5 Å². The predicted molar refractivity (Wildman–Crippen MR) is 84.4 cm³/mol. The van der Waals surface area contributed by atoms with Crippen LogP contribution in [0.3, 0.4) is 0 Å². The Kier molecular flexibility index (Phi) is 5.35. The Hall–Kier alpha value is -1.16. The maximum atomic E-state index is 4.80. The van der Waals surface area contributed by atoms with Crippen LogP contribution in [0.2, 0.25) is 0 Å². The van der Waals surface area contributed by atoms with E-state index in [4.69, 9.17) is 4.98 Å². The minimum absolute atomic E-state index is 0.380. The van der Waals surface area contributed by atoms with Gasteiger partial charge in [0.2, 0.25) is 0 Å². The SMILES string of the molecule is CCNCC1CCCCN1c1cc(C)nc(C(C)C)n1. The Balaban J connectivity index is 2.22. The first-order valence-electron chi connectivity index (χ1n) is 7.94. The third kappa shape index (κ3) is 3.69. The summed E-state index contributed by atoms with van der Waals surface area (Å²) < 4.78 is 0. The third-order valence-corrected chi connectivity index (χ3v) is 3.93. The van der Waals surface area contributed by atoms with E-state index in [2.05, 4.69) is 49.0 Å². The van der Waals surface area contributed by atoms with Crippen molar-refractivity contribution in [2.24, 2.45) is 0 Å². The highest BCUT2D eigenvalue weighted by Gasteiger charge is 2.24. The van der Waals surface area contributed by atoms with Crippen LogP contribution >= 0.6 is 0 Å². The molecule has 1 aromatic rings. The molecule has 0 saturated carbocycles. The van der Waals surface area contributed by atoms with Gasteiger partial charge in [0.15, 0.2) is 0 Å². The van der Waals surface area contributed by atoms with Crippen molar-refractivity contribution in [1.82, 2.24) is 15.3 Å². The summed E-state index contributed by atoms with van der Waals surface area (Å²) in [6, 6.07) is 2.70. The number of hydrogen-bond donors (Lipinski definition) is 1. The number of anilines is 1. The molecule has 4 heteroatoms. The van der Waals surface area contributed by atoms with Crippen LogP contribution in [0.1, 0.15) is 57.5 Å². The number of likely N-dealkylation sites (N-methyl/N-ethyl adjacent to an activating group) is 1. The summed E-state index contributed by atoms with van der Waals surface area (Å²) >= 11 is 0. The highest BCUT2D eigenvalue weighted by Crippen LogP contribution is 2.24. The van der Waals surface area contributed by atoms with Gasteiger partial charge in [0.05, 0.1) is 0 Å². The van der Waals surface area contributed by atoms with Crippen LogP contribution in [-0.2, 0) is 0 Å². The molecule has 0 aliphatic carbocycles.